The molecule has 34 heavy (non-hydrogen) atoms. The zero-order valence-electron chi connectivity index (χ0n) is 18.9. The van der Waals surface area contributed by atoms with E-state index in [0.29, 0.717) is 39.9 Å². The lowest BCUT2D eigenvalue weighted by Gasteiger charge is -2.27. The number of ether oxygens (including phenoxy) is 2. The Kier molecular flexibility index (Phi) is 6.83. The van der Waals surface area contributed by atoms with Gasteiger partial charge in [0.25, 0.3) is 5.91 Å². The van der Waals surface area contributed by atoms with Crippen LogP contribution in [0.1, 0.15) is 18.4 Å². The number of rotatable bonds is 8. The summed E-state index contributed by atoms with van der Waals surface area (Å²) in [6, 6.07) is 21.3. The minimum absolute atomic E-state index is 0.395. The average Bonchev–Trinajstić information content (AvgIpc) is 3.68. The molecule has 0 radical (unpaired) electrons. The first kappa shape index (κ1) is 24.1. The van der Waals surface area contributed by atoms with Gasteiger partial charge in [0.15, 0.2) is 13.7 Å². The van der Waals surface area contributed by atoms with Gasteiger partial charge in [0, 0.05) is 21.7 Å². The first-order chi connectivity index (χ1) is 16.3. The summed E-state index contributed by atoms with van der Waals surface area (Å²) in [6.07, 6.45) is 0.859. The minimum Gasteiger partial charge on any atom is -0.495 e. The Hall–Kier alpha value is -3.08. The fourth-order valence-corrected chi connectivity index (χ4v) is 7.75. The lowest BCUT2D eigenvalue weighted by atomic mass is 10.2. The fraction of sp³-hybridized carbons (Fsp3) is 0.231. The van der Waals surface area contributed by atoms with Crippen LogP contribution in [0.15, 0.2) is 72.8 Å². The van der Waals surface area contributed by atoms with E-state index in [4.69, 9.17) is 21.1 Å². The van der Waals surface area contributed by atoms with E-state index in [0.717, 1.165) is 5.56 Å². The smallest absolute Gasteiger partial charge is 0.320 e. The van der Waals surface area contributed by atoms with E-state index < -0.39 is 30.8 Å². The van der Waals surface area contributed by atoms with Crippen molar-refractivity contribution >= 4 is 46.9 Å². The molecule has 3 aromatic rings. The zero-order chi connectivity index (χ0) is 24.3. The van der Waals surface area contributed by atoms with E-state index in [1.165, 1.54) is 7.11 Å². The molecule has 1 saturated carbocycles. The van der Waals surface area contributed by atoms with E-state index in [-0.39, 0.29) is 0 Å². The Labute approximate surface area is 203 Å². The molecular weight excluding hydrogens is 473 g/mol. The van der Waals surface area contributed by atoms with Gasteiger partial charge in [-0.15, -0.1) is 0 Å². The van der Waals surface area contributed by atoms with Crippen molar-refractivity contribution in [2.24, 2.45) is 0 Å². The number of esters is 1. The highest BCUT2D eigenvalue weighted by atomic mass is 35.5. The van der Waals surface area contributed by atoms with E-state index >= 15 is 0 Å². The second-order valence-electron chi connectivity index (χ2n) is 8.24. The lowest BCUT2D eigenvalue weighted by Crippen LogP contribution is -2.36. The van der Waals surface area contributed by atoms with Gasteiger partial charge in [-0.1, -0.05) is 72.3 Å². The maximum absolute atomic E-state index is 14.6. The monoisotopic (exact) mass is 497 g/mol. The molecule has 1 fully saturated rings. The molecule has 0 saturated heterocycles. The lowest BCUT2D eigenvalue weighted by molar-refractivity contribution is -0.147. The number of benzene rings is 3. The topological polar surface area (TPSA) is 81.7 Å². The molecular formula is C26H25ClNO5P. The molecule has 176 valence electrons. The molecule has 0 aromatic heterocycles. The summed E-state index contributed by atoms with van der Waals surface area (Å²) in [5, 5.41) is 3.22. The highest BCUT2D eigenvalue weighted by molar-refractivity contribution is 7.81. The van der Waals surface area contributed by atoms with E-state index in [1.54, 1.807) is 67.6 Å². The van der Waals surface area contributed by atoms with Gasteiger partial charge in [0.05, 0.1) is 12.8 Å². The third-order valence-electron chi connectivity index (χ3n) is 6.04. The number of methoxy groups -OCH3 is 1. The van der Waals surface area contributed by atoms with Gasteiger partial charge in [-0.2, -0.15) is 0 Å². The van der Waals surface area contributed by atoms with Crippen LogP contribution in [0.4, 0.5) is 5.69 Å². The van der Waals surface area contributed by atoms with Gasteiger partial charge >= 0.3 is 5.97 Å². The fourth-order valence-electron chi connectivity index (χ4n) is 4.07. The highest BCUT2D eigenvalue weighted by Gasteiger charge is 2.65. The summed E-state index contributed by atoms with van der Waals surface area (Å²) >= 11 is 6.12. The first-order valence-corrected chi connectivity index (χ1v) is 12.9. The largest absolute Gasteiger partial charge is 0.495 e. The Morgan fingerprint density at radius 3 is 2.06 bits per heavy atom. The average molecular weight is 498 g/mol. The van der Waals surface area contributed by atoms with E-state index in [1.807, 2.05) is 12.1 Å². The number of aryl methyl sites for hydroxylation is 1. The molecule has 1 aliphatic rings. The van der Waals surface area contributed by atoms with Crippen molar-refractivity contribution in [1.82, 2.24) is 0 Å². The summed E-state index contributed by atoms with van der Waals surface area (Å²) in [5.74, 6) is -0.761. The minimum atomic E-state index is -3.36. The summed E-state index contributed by atoms with van der Waals surface area (Å²) in [5.41, 5.74) is 1.18. The first-order valence-electron chi connectivity index (χ1n) is 10.8. The van der Waals surface area contributed by atoms with Crippen LogP contribution in [-0.2, 0) is 18.9 Å². The third-order valence-corrected chi connectivity index (χ3v) is 10.3. The molecule has 0 aliphatic heterocycles. The van der Waals surface area contributed by atoms with Crippen LogP contribution in [0.5, 0.6) is 5.75 Å². The number of hydrogen-bond donors (Lipinski definition) is 1. The molecule has 0 heterocycles. The number of amides is 1. The molecule has 1 N–H and O–H groups in total. The Balaban J connectivity index is 1.54. The Morgan fingerprint density at radius 1 is 1.00 bits per heavy atom. The standard InChI is InChI=1S/C26H25ClNO5P/c1-18-15-22(23(32-2)16-21(18)27)28-24(29)17-33-25(30)26(13-14-26)34(31,19-9-5-3-6-10-19)20-11-7-4-8-12-20/h3-12,15-16H,13-14,17H2,1-2H3,(H,28,29). The van der Waals surface area contributed by atoms with Crippen molar-refractivity contribution in [3.8, 4) is 5.75 Å². The van der Waals surface area contributed by atoms with Gasteiger partial charge in [-0.25, -0.2) is 0 Å². The molecule has 3 aromatic carbocycles. The second-order valence-corrected chi connectivity index (χ2v) is 11.8. The van der Waals surface area contributed by atoms with E-state index in [2.05, 4.69) is 5.32 Å². The molecule has 6 nitrogen and oxygen atoms in total. The molecule has 0 atom stereocenters. The van der Waals surface area contributed by atoms with Crippen LogP contribution in [0, 0.1) is 6.92 Å². The Morgan fingerprint density at radius 2 is 1.56 bits per heavy atom. The SMILES string of the molecule is COc1cc(Cl)c(C)cc1NC(=O)COC(=O)C1(P(=O)(c2ccccc2)c2ccccc2)CC1. The molecule has 4 rings (SSSR count). The maximum Gasteiger partial charge on any atom is 0.320 e. The third kappa shape index (κ3) is 4.36. The number of halogens is 1. The predicted octanol–water partition coefficient (Wildman–Crippen LogP) is 4.69. The van der Waals surface area contributed by atoms with Gasteiger partial charge in [0.1, 0.15) is 10.9 Å². The quantitative estimate of drug-likeness (QED) is 0.361. The summed E-state index contributed by atoms with van der Waals surface area (Å²) in [7, 11) is -1.89. The Bertz CT molecular complexity index is 1220. The highest BCUT2D eigenvalue weighted by Crippen LogP contribution is 2.68. The molecule has 1 aliphatic carbocycles. The summed E-state index contributed by atoms with van der Waals surface area (Å²) in [6.45, 7) is 1.30. The number of hydrogen-bond acceptors (Lipinski definition) is 5. The van der Waals surface area contributed by atoms with Gasteiger partial charge in [-0.3, -0.25) is 9.59 Å². The van der Waals surface area contributed by atoms with Crippen molar-refractivity contribution < 1.29 is 23.6 Å². The predicted molar refractivity (Wildman–Crippen MR) is 134 cm³/mol. The number of carbonyl (C=O) groups excluding carboxylic acids is 2. The van der Waals surface area contributed by atoms with Gasteiger partial charge < -0.3 is 19.4 Å². The molecule has 1 amide bonds. The molecule has 0 unspecified atom stereocenters. The van der Waals surface area contributed by atoms with Gasteiger partial charge in [0.2, 0.25) is 0 Å². The summed E-state index contributed by atoms with van der Waals surface area (Å²) < 4.78 is 25.3. The van der Waals surface area contributed by atoms with Crippen LogP contribution < -0.4 is 20.7 Å². The zero-order valence-corrected chi connectivity index (χ0v) is 20.6. The number of carbonyl (C=O) groups is 2. The van der Waals surface area contributed by atoms with Crippen molar-refractivity contribution in [3.63, 3.8) is 0 Å². The van der Waals surface area contributed by atoms with Gasteiger partial charge in [-0.05, 0) is 31.4 Å². The van der Waals surface area contributed by atoms with Crippen LogP contribution >= 0.6 is 18.7 Å². The number of anilines is 1. The normalized spacial score (nSPS) is 14.2. The van der Waals surface area contributed by atoms with Crippen LogP contribution in [0.3, 0.4) is 0 Å². The molecule has 0 bridgehead atoms. The van der Waals surface area contributed by atoms with Crippen LogP contribution in [-0.4, -0.2) is 30.7 Å². The molecule has 0 spiro atoms. The van der Waals surface area contributed by atoms with E-state index in [9.17, 15) is 14.2 Å². The van der Waals surface area contributed by atoms with Crippen molar-refractivity contribution in [1.29, 1.82) is 0 Å². The van der Waals surface area contributed by atoms with Crippen LogP contribution in [0.25, 0.3) is 0 Å². The maximum atomic E-state index is 14.6. The van der Waals surface area contributed by atoms with Crippen molar-refractivity contribution in [2.45, 2.75) is 24.9 Å². The molecule has 8 heteroatoms. The second kappa shape index (κ2) is 9.65. The number of nitrogens with one attached hydrogen (secondary N) is 1. The summed E-state index contributed by atoms with van der Waals surface area (Å²) in [4.78, 5) is 25.9. The van der Waals surface area contributed by atoms with Crippen LogP contribution in [0.2, 0.25) is 5.02 Å². The van der Waals surface area contributed by atoms with Crippen molar-refractivity contribution in [3.05, 3.63) is 83.4 Å². The van der Waals surface area contributed by atoms with Crippen molar-refractivity contribution in [2.75, 3.05) is 19.0 Å².